The third kappa shape index (κ3) is 3.50. The second-order valence-electron chi connectivity index (χ2n) is 6.51. The topological polar surface area (TPSA) is 68.3 Å². The molecule has 0 amide bonds. The zero-order valence-corrected chi connectivity index (χ0v) is 14.8. The second-order valence-corrected chi connectivity index (χ2v) is 6.51. The molecule has 0 saturated heterocycles. The molecule has 5 heteroatoms. The maximum atomic E-state index is 12.8. The van der Waals surface area contributed by atoms with Crippen molar-refractivity contribution in [2.75, 3.05) is 6.61 Å². The molecule has 0 bridgehead atoms. The van der Waals surface area contributed by atoms with Crippen LogP contribution in [0.5, 0.6) is 0 Å². The number of ketones is 1. The third-order valence-electron chi connectivity index (χ3n) is 4.71. The molecular formula is C20H24N2O3. The van der Waals surface area contributed by atoms with Gasteiger partial charge in [-0.3, -0.25) is 9.78 Å². The Labute approximate surface area is 148 Å². The van der Waals surface area contributed by atoms with Crippen LogP contribution < -0.4 is 5.32 Å². The average Bonchev–Trinajstić information content (AvgIpc) is 2.61. The lowest BCUT2D eigenvalue weighted by Crippen LogP contribution is -2.34. The van der Waals surface area contributed by atoms with E-state index in [1.807, 2.05) is 25.1 Å². The van der Waals surface area contributed by atoms with Gasteiger partial charge < -0.3 is 10.1 Å². The van der Waals surface area contributed by atoms with Crippen LogP contribution in [0.25, 0.3) is 0 Å². The number of unbranched alkanes of at least 4 members (excludes halogenated alkanes) is 1. The first-order valence-corrected chi connectivity index (χ1v) is 8.95. The summed E-state index contributed by atoms with van der Waals surface area (Å²) in [6.45, 7) is 4.31. The van der Waals surface area contributed by atoms with Crippen LogP contribution in [0.2, 0.25) is 0 Å². The van der Waals surface area contributed by atoms with E-state index >= 15 is 0 Å². The smallest absolute Gasteiger partial charge is 0.336 e. The van der Waals surface area contributed by atoms with Gasteiger partial charge in [0.15, 0.2) is 5.78 Å². The first-order valence-electron chi connectivity index (χ1n) is 8.95. The van der Waals surface area contributed by atoms with Gasteiger partial charge in [-0.2, -0.15) is 0 Å². The molecule has 1 atom stereocenters. The Morgan fingerprint density at radius 1 is 1.36 bits per heavy atom. The highest BCUT2D eigenvalue weighted by Gasteiger charge is 2.39. The van der Waals surface area contributed by atoms with E-state index in [1.165, 1.54) is 0 Å². The zero-order valence-electron chi connectivity index (χ0n) is 14.8. The molecule has 25 heavy (non-hydrogen) atoms. The molecule has 1 aliphatic carbocycles. The predicted octanol–water partition coefficient (Wildman–Crippen LogP) is 3.39. The van der Waals surface area contributed by atoms with Gasteiger partial charge in [0.25, 0.3) is 0 Å². The minimum Gasteiger partial charge on any atom is -0.462 e. The van der Waals surface area contributed by atoms with E-state index in [1.54, 1.807) is 6.20 Å². The van der Waals surface area contributed by atoms with Gasteiger partial charge in [0, 0.05) is 29.6 Å². The Kier molecular flexibility index (Phi) is 5.31. The molecule has 0 aromatic carbocycles. The highest BCUT2D eigenvalue weighted by molar-refractivity contribution is 6.03. The number of ether oxygens (including phenoxy) is 1. The number of nitrogens with zero attached hydrogens (tertiary/aromatic N) is 1. The number of Topliss-reactive ketones (excluding diaryl/α,β-unsaturated/α-hetero) is 1. The molecule has 0 saturated carbocycles. The monoisotopic (exact) mass is 340 g/mol. The summed E-state index contributed by atoms with van der Waals surface area (Å²) in [5.74, 6) is -0.714. The number of carbonyl (C=O) groups is 2. The van der Waals surface area contributed by atoms with Crippen LogP contribution in [0, 0.1) is 0 Å². The summed E-state index contributed by atoms with van der Waals surface area (Å²) in [4.78, 5) is 29.8. The van der Waals surface area contributed by atoms with Crippen LogP contribution in [0.4, 0.5) is 0 Å². The lowest BCUT2D eigenvalue weighted by atomic mass is 9.77. The summed E-state index contributed by atoms with van der Waals surface area (Å²) in [6, 6.07) is 5.58. The van der Waals surface area contributed by atoms with Crippen LogP contribution in [-0.2, 0) is 14.3 Å². The molecule has 0 unspecified atom stereocenters. The molecule has 1 aliphatic heterocycles. The van der Waals surface area contributed by atoms with Crippen molar-refractivity contribution in [2.24, 2.45) is 0 Å². The van der Waals surface area contributed by atoms with Crippen LogP contribution in [-0.4, -0.2) is 23.3 Å². The Morgan fingerprint density at radius 2 is 2.20 bits per heavy atom. The third-order valence-corrected chi connectivity index (χ3v) is 4.71. The van der Waals surface area contributed by atoms with Gasteiger partial charge in [-0.15, -0.1) is 0 Å². The number of carbonyl (C=O) groups excluding carboxylic acids is 2. The Bertz CT molecular complexity index is 735. The molecule has 1 aromatic rings. The minimum absolute atomic E-state index is 0.0933. The van der Waals surface area contributed by atoms with E-state index in [0.717, 1.165) is 37.1 Å². The van der Waals surface area contributed by atoms with Crippen molar-refractivity contribution in [3.63, 3.8) is 0 Å². The Morgan fingerprint density at radius 3 is 2.92 bits per heavy atom. The van der Waals surface area contributed by atoms with Crippen LogP contribution in [0.15, 0.2) is 46.9 Å². The average molecular weight is 340 g/mol. The van der Waals surface area contributed by atoms with Crippen molar-refractivity contribution >= 4 is 11.8 Å². The van der Waals surface area contributed by atoms with Crippen molar-refractivity contribution < 1.29 is 14.3 Å². The standard InChI is InChI=1S/C20H24N2O3/c1-3-4-12-25-20(24)17-13(2)22-15-9-7-10-16(23)18(15)19(17)14-8-5-6-11-21-14/h5-6,8,11,19,22H,3-4,7,9-10,12H2,1-2H3/t19-/m1/s1. The van der Waals surface area contributed by atoms with Gasteiger partial charge in [0.05, 0.1) is 23.8 Å². The van der Waals surface area contributed by atoms with Crippen LogP contribution >= 0.6 is 0 Å². The van der Waals surface area contributed by atoms with Crippen molar-refractivity contribution in [3.8, 4) is 0 Å². The number of dihydropyridines is 1. The lowest BCUT2D eigenvalue weighted by molar-refractivity contribution is -0.139. The van der Waals surface area contributed by atoms with Crippen molar-refractivity contribution in [3.05, 3.63) is 52.6 Å². The van der Waals surface area contributed by atoms with E-state index in [-0.39, 0.29) is 11.8 Å². The van der Waals surface area contributed by atoms with E-state index in [4.69, 9.17) is 4.74 Å². The number of esters is 1. The second kappa shape index (κ2) is 7.64. The van der Waals surface area contributed by atoms with Crippen molar-refractivity contribution in [1.82, 2.24) is 10.3 Å². The number of hydrogen-bond donors (Lipinski definition) is 1. The van der Waals surface area contributed by atoms with Crippen molar-refractivity contribution in [2.45, 2.75) is 51.9 Å². The molecule has 3 rings (SSSR count). The van der Waals surface area contributed by atoms with E-state index in [9.17, 15) is 9.59 Å². The Hall–Kier alpha value is -2.43. The number of aromatic nitrogens is 1. The SMILES string of the molecule is CCCCOC(=O)C1=C(C)NC2=C(C(=O)CCC2)[C@@H]1c1ccccn1. The molecule has 2 aliphatic rings. The van der Waals surface area contributed by atoms with Gasteiger partial charge in [0.1, 0.15) is 0 Å². The largest absolute Gasteiger partial charge is 0.462 e. The first kappa shape index (κ1) is 17.4. The van der Waals surface area contributed by atoms with Gasteiger partial charge in [-0.25, -0.2) is 4.79 Å². The highest BCUT2D eigenvalue weighted by Crippen LogP contribution is 2.41. The fourth-order valence-electron chi connectivity index (χ4n) is 3.48. The zero-order chi connectivity index (χ0) is 17.8. The summed E-state index contributed by atoms with van der Waals surface area (Å²) in [7, 11) is 0. The minimum atomic E-state index is -0.445. The molecule has 0 fully saturated rings. The summed E-state index contributed by atoms with van der Waals surface area (Å²) in [5, 5.41) is 3.28. The summed E-state index contributed by atoms with van der Waals surface area (Å²) < 4.78 is 5.46. The molecule has 132 valence electrons. The van der Waals surface area contributed by atoms with Crippen molar-refractivity contribution in [1.29, 1.82) is 0 Å². The molecule has 0 spiro atoms. The molecule has 1 aromatic heterocycles. The first-order chi connectivity index (χ1) is 12.1. The summed E-state index contributed by atoms with van der Waals surface area (Å²) in [6.07, 6.45) is 5.65. The fraction of sp³-hybridized carbons (Fsp3) is 0.450. The Balaban J connectivity index is 2.02. The van der Waals surface area contributed by atoms with Gasteiger partial charge >= 0.3 is 5.97 Å². The normalized spacial score (nSPS) is 20.2. The summed E-state index contributed by atoms with van der Waals surface area (Å²) in [5.41, 5.74) is 3.58. The summed E-state index contributed by atoms with van der Waals surface area (Å²) >= 11 is 0. The lowest BCUT2D eigenvalue weighted by Gasteiger charge is -2.33. The molecule has 2 heterocycles. The highest BCUT2D eigenvalue weighted by atomic mass is 16.5. The maximum Gasteiger partial charge on any atom is 0.336 e. The molecular weight excluding hydrogens is 316 g/mol. The number of nitrogens with one attached hydrogen (secondary N) is 1. The van der Waals surface area contributed by atoms with E-state index < -0.39 is 5.92 Å². The fourth-order valence-corrected chi connectivity index (χ4v) is 3.48. The number of hydrogen-bond acceptors (Lipinski definition) is 5. The van der Waals surface area contributed by atoms with Crippen LogP contribution in [0.3, 0.4) is 0 Å². The molecule has 1 N–H and O–H groups in total. The number of pyridine rings is 1. The van der Waals surface area contributed by atoms with Gasteiger partial charge in [-0.1, -0.05) is 19.4 Å². The van der Waals surface area contributed by atoms with E-state index in [0.29, 0.717) is 29.9 Å². The number of allylic oxidation sites excluding steroid dienone is 3. The van der Waals surface area contributed by atoms with E-state index in [2.05, 4.69) is 17.2 Å². The quantitative estimate of drug-likeness (QED) is 0.657. The molecule has 0 radical (unpaired) electrons. The molecule has 5 nitrogen and oxygen atoms in total. The van der Waals surface area contributed by atoms with Gasteiger partial charge in [0.2, 0.25) is 0 Å². The predicted molar refractivity (Wildman–Crippen MR) is 94.6 cm³/mol. The maximum absolute atomic E-state index is 12.8. The van der Waals surface area contributed by atoms with Crippen LogP contribution in [0.1, 0.15) is 57.6 Å². The van der Waals surface area contributed by atoms with Gasteiger partial charge in [-0.05, 0) is 38.3 Å². The number of rotatable bonds is 5.